The number of rotatable bonds is 5. The first kappa shape index (κ1) is 15.2. The molecule has 0 aliphatic carbocycles. The smallest absolute Gasteiger partial charge is 0.122 e. The van der Waals surface area contributed by atoms with Gasteiger partial charge >= 0.3 is 0 Å². The normalized spacial score (nSPS) is 9.68. The molecular weight excluding hydrogens is 260 g/mol. The lowest BCUT2D eigenvalue weighted by Gasteiger charge is -2.06. The lowest BCUT2D eigenvalue weighted by molar-refractivity contribution is 0.107. The topological polar surface area (TPSA) is 59.1 Å². The van der Waals surface area contributed by atoms with Gasteiger partial charge in [-0.1, -0.05) is 48.5 Å². The lowest BCUT2D eigenvalue weighted by atomic mass is 10.1. The van der Waals surface area contributed by atoms with E-state index in [1.165, 1.54) is 0 Å². The van der Waals surface area contributed by atoms with E-state index in [2.05, 4.69) is 0 Å². The Bertz CT molecular complexity index is 529. The molecule has 0 radical (unpaired) electrons. The number of nitrogens with one attached hydrogen (secondary N) is 1. The molecule has 4 heteroatoms. The number of hydrogen-bond acceptors (Lipinski definition) is 2. The van der Waals surface area contributed by atoms with Crippen LogP contribution >= 0.6 is 12.4 Å². The lowest BCUT2D eigenvalue weighted by Crippen LogP contribution is -2.11. The summed E-state index contributed by atoms with van der Waals surface area (Å²) in [5, 5.41) is 7.38. The number of halogens is 1. The van der Waals surface area contributed by atoms with Gasteiger partial charge in [-0.15, -0.1) is 12.4 Å². The Morgan fingerprint density at radius 1 is 0.947 bits per heavy atom. The van der Waals surface area contributed by atoms with Gasteiger partial charge in [0.1, 0.15) is 5.84 Å². The summed E-state index contributed by atoms with van der Waals surface area (Å²) >= 11 is 0. The minimum atomic E-state index is 0. The zero-order valence-corrected chi connectivity index (χ0v) is 11.3. The highest BCUT2D eigenvalue weighted by molar-refractivity contribution is 5.95. The van der Waals surface area contributed by atoms with E-state index in [0.29, 0.717) is 13.2 Å². The van der Waals surface area contributed by atoms with Crippen molar-refractivity contribution in [1.29, 1.82) is 5.41 Å². The van der Waals surface area contributed by atoms with Crippen LogP contribution in [0.4, 0.5) is 0 Å². The van der Waals surface area contributed by atoms with Crippen molar-refractivity contribution in [1.82, 2.24) is 0 Å². The average Bonchev–Trinajstić information content (AvgIpc) is 2.40. The zero-order valence-electron chi connectivity index (χ0n) is 10.5. The first-order chi connectivity index (χ1) is 8.75. The van der Waals surface area contributed by atoms with Crippen molar-refractivity contribution in [2.75, 3.05) is 0 Å². The third-order valence-electron chi connectivity index (χ3n) is 2.62. The highest BCUT2D eigenvalue weighted by Crippen LogP contribution is 2.08. The first-order valence-corrected chi connectivity index (χ1v) is 5.81. The molecule has 0 fully saturated rings. The maximum absolute atomic E-state index is 7.38. The summed E-state index contributed by atoms with van der Waals surface area (Å²) in [5.74, 6) is 0.0832. The number of ether oxygens (including phenoxy) is 1. The van der Waals surface area contributed by atoms with Crippen LogP contribution in [0.3, 0.4) is 0 Å². The molecule has 0 atom stereocenters. The van der Waals surface area contributed by atoms with E-state index < -0.39 is 0 Å². The summed E-state index contributed by atoms with van der Waals surface area (Å²) < 4.78 is 5.63. The Labute approximate surface area is 119 Å². The van der Waals surface area contributed by atoms with Crippen LogP contribution in [0.5, 0.6) is 0 Å². The van der Waals surface area contributed by atoms with Gasteiger partial charge in [-0.3, -0.25) is 5.41 Å². The van der Waals surface area contributed by atoms with Crippen molar-refractivity contribution in [2.24, 2.45) is 5.73 Å². The Balaban J connectivity index is 0.00000180. The largest absolute Gasteiger partial charge is 0.384 e. The molecule has 0 saturated heterocycles. The van der Waals surface area contributed by atoms with Gasteiger partial charge in [0.2, 0.25) is 0 Å². The van der Waals surface area contributed by atoms with E-state index >= 15 is 0 Å². The first-order valence-electron chi connectivity index (χ1n) is 5.81. The summed E-state index contributed by atoms with van der Waals surface area (Å²) in [5.41, 5.74) is 8.36. The van der Waals surface area contributed by atoms with E-state index in [1.54, 1.807) is 0 Å². The van der Waals surface area contributed by atoms with Gasteiger partial charge in [-0.05, 0) is 17.2 Å². The van der Waals surface area contributed by atoms with Crippen LogP contribution in [-0.4, -0.2) is 5.84 Å². The van der Waals surface area contributed by atoms with Gasteiger partial charge in [0.15, 0.2) is 0 Å². The summed E-state index contributed by atoms with van der Waals surface area (Å²) in [4.78, 5) is 0. The van der Waals surface area contributed by atoms with Crippen molar-refractivity contribution in [3.63, 3.8) is 0 Å². The van der Waals surface area contributed by atoms with Crippen molar-refractivity contribution in [3.05, 3.63) is 71.3 Å². The Morgan fingerprint density at radius 3 is 2.26 bits per heavy atom. The second-order valence-corrected chi connectivity index (χ2v) is 4.09. The van der Waals surface area contributed by atoms with Crippen LogP contribution in [0.2, 0.25) is 0 Å². The van der Waals surface area contributed by atoms with Gasteiger partial charge < -0.3 is 10.5 Å². The van der Waals surface area contributed by atoms with Crippen molar-refractivity contribution in [2.45, 2.75) is 13.2 Å². The quantitative estimate of drug-likeness (QED) is 0.651. The molecule has 19 heavy (non-hydrogen) atoms. The minimum Gasteiger partial charge on any atom is -0.384 e. The highest BCUT2D eigenvalue weighted by atomic mass is 35.5. The highest BCUT2D eigenvalue weighted by Gasteiger charge is 1.99. The fraction of sp³-hybridized carbons (Fsp3) is 0.133. The molecule has 0 spiro atoms. The average molecular weight is 277 g/mol. The molecule has 3 N–H and O–H groups in total. The molecule has 3 nitrogen and oxygen atoms in total. The van der Waals surface area contributed by atoms with Crippen molar-refractivity contribution < 1.29 is 4.74 Å². The Morgan fingerprint density at radius 2 is 1.58 bits per heavy atom. The van der Waals surface area contributed by atoms with E-state index in [1.807, 2.05) is 54.6 Å². The predicted molar refractivity (Wildman–Crippen MR) is 79.6 cm³/mol. The SMILES string of the molecule is Cl.N=C(N)c1cccc(COCc2ccccc2)c1. The summed E-state index contributed by atoms with van der Waals surface area (Å²) in [6, 6.07) is 17.6. The Kier molecular flexibility index (Phi) is 6.06. The number of amidine groups is 1. The Hall–Kier alpha value is -1.84. The van der Waals surface area contributed by atoms with E-state index in [0.717, 1.165) is 16.7 Å². The number of hydrogen-bond donors (Lipinski definition) is 2. The molecular formula is C15H17ClN2O. The van der Waals surface area contributed by atoms with Gasteiger partial charge in [0, 0.05) is 5.56 Å². The second kappa shape index (κ2) is 7.56. The van der Waals surface area contributed by atoms with Crippen LogP contribution in [0.15, 0.2) is 54.6 Å². The molecule has 0 aliphatic heterocycles. The maximum atomic E-state index is 7.38. The molecule has 0 saturated carbocycles. The third kappa shape index (κ3) is 4.73. The molecule has 0 unspecified atom stereocenters. The summed E-state index contributed by atoms with van der Waals surface area (Å²) in [7, 11) is 0. The molecule has 0 aliphatic rings. The van der Waals surface area contributed by atoms with Crippen LogP contribution < -0.4 is 5.73 Å². The monoisotopic (exact) mass is 276 g/mol. The summed E-state index contributed by atoms with van der Waals surface area (Å²) in [6.45, 7) is 1.11. The van der Waals surface area contributed by atoms with E-state index in [-0.39, 0.29) is 18.2 Å². The molecule has 2 aromatic rings. The fourth-order valence-corrected chi connectivity index (χ4v) is 1.69. The molecule has 0 heterocycles. The van der Waals surface area contributed by atoms with E-state index in [4.69, 9.17) is 15.9 Å². The van der Waals surface area contributed by atoms with Crippen LogP contribution in [0.1, 0.15) is 16.7 Å². The standard InChI is InChI=1S/C15H16N2O.ClH/c16-15(17)14-8-4-7-13(9-14)11-18-10-12-5-2-1-3-6-12;/h1-9H,10-11H2,(H3,16,17);1H. The molecule has 0 bridgehead atoms. The van der Waals surface area contributed by atoms with Gasteiger partial charge in [0.05, 0.1) is 13.2 Å². The second-order valence-electron chi connectivity index (χ2n) is 4.09. The maximum Gasteiger partial charge on any atom is 0.122 e. The van der Waals surface area contributed by atoms with Crippen molar-refractivity contribution in [3.8, 4) is 0 Å². The minimum absolute atomic E-state index is 0. The van der Waals surface area contributed by atoms with Gasteiger partial charge in [0.25, 0.3) is 0 Å². The van der Waals surface area contributed by atoms with Crippen LogP contribution in [-0.2, 0) is 18.0 Å². The van der Waals surface area contributed by atoms with Crippen LogP contribution in [0.25, 0.3) is 0 Å². The van der Waals surface area contributed by atoms with Crippen molar-refractivity contribution >= 4 is 18.2 Å². The number of benzene rings is 2. The molecule has 100 valence electrons. The fourth-order valence-electron chi connectivity index (χ4n) is 1.69. The summed E-state index contributed by atoms with van der Waals surface area (Å²) in [6.07, 6.45) is 0. The molecule has 2 aromatic carbocycles. The van der Waals surface area contributed by atoms with Gasteiger partial charge in [-0.25, -0.2) is 0 Å². The van der Waals surface area contributed by atoms with Gasteiger partial charge in [-0.2, -0.15) is 0 Å². The van der Waals surface area contributed by atoms with Crippen LogP contribution in [0, 0.1) is 5.41 Å². The predicted octanol–water partition coefficient (Wildman–Crippen LogP) is 3.11. The number of nitrogen functional groups attached to an aromatic ring is 1. The zero-order chi connectivity index (χ0) is 12.8. The number of nitrogens with two attached hydrogens (primary N) is 1. The molecule has 0 amide bonds. The molecule has 2 rings (SSSR count). The third-order valence-corrected chi connectivity index (χ3v) is 2.62. The molecule has 0 aromatic heterocycles. The van der Waals surface area contributed by atoms with E-state index in [9.17, 15) is 0 Å².